The van der Waals surface area contributed by atoms with Crippen LogP contribution in [0, 0.1) is 6.92 Å². The summed E-state index contributed by atoms with van der Waals surface area (Å²) < 4.78 is 27.1. The molecular formula is C21H30IN5O3S. The summed E-state index contributed by atoms with van der Waals surface area (Å²) in [5.41, 5.74) is 2.63. The molecule has 2 rings (SSSR count). The molecule has 0 atom stereocenters. The van der Waals surface area contributed by atoms with E-state index in [1.165, 1.54) is 4.90 Å². The fraction of sp³-hybridized carbons (Fsp3) is 0.333. The third kappa shape index (κ3) is 8.46. The predicted octanol–water partition coefficient (Wildman–Crippen LogP) is 1.96. The number of rotatable bonds is 8. The van der Waals surface area contributed by atoms with Gasteiger partial charge in [0.25, 0.3) is 5.91 Å². The lowest BCUT2D eigenvalue weighted by atomic mass is 10.1. The van der Waals surface area contributed by atoms with Gasteiger partial charge in [-0.3, -0.25) is 9.79 Å². The summed E-state index contributed by atoms with van der Waals surface area (Å²) in [5.74, 6) is 0.512. The van der Waals surface area contributed by atoms with Crippen molar-refractivity contribution in [3.63, 3.8) is 0 Å². The fourth-order valence-electron chi connectivity index (χ4n) is 2.60. The molecule has 8 nitrogen and oxygen atoms in total. The number of nitrogens with zero attached hydrogens (tertiary/aromatic N) is 2. The first kappa shape index (κ1) is 26.9. The zero-order valence-electron chi connectivity index (χ0n) is 18.2. The van der Waals surface area contributed by atoms with Crippen LogP contribution in [0.4, 0.5) is 0 Å². The number of sulfonamides is 1. The van der Waals surface area contributed by atoms with Crippen molar-refractivity contribution in [2.45, 2.75) is 18.4 Å². The molecule has 1 amide bonds. The van der Waals surface area contributed by atoms with E-state index in [0.717, 1.165) is 11.1 Å². The van der Waals surface area contributed by atoms with Gasteiger partial charge in [-0.25, -0.2) is 13.1 Å². The first-order valence-electron chi connectivity index (χ1n) is 9.54. The predicted molar refractivity (Wildman–Crippen MR) is 134 cm³/mol. The van der Waals surface area contributed by atoms with Crippen molar-refractivity contribution in [3.8, 4) is 0 Å². The minimum absolute atomic E-state index is 0. The lowest BCUT2D eigenvalue weighted by molar-refractivity contribution is 0.0827. The maximum Gasteiger partial charge on any atom is 0.253 e. The van der Waals surface area contributed by atoms with Gasteiger partial charge < -0.3 is 15.5 Å². The van der Waals surface area contributed by atoms with Gasteiger partial charge in [-0.05, 0) is 36.8 Å². The second-order valence-electron chi connectivity index (χ2n) is 6.96. The third-order valence-electron chi connectivity index (χ3n) is 4.33. The summed E-state index contributed by atoms with van der Waals surface area (Å²) in [4.78, 5) is 17.8. The highest BCUT2D eigenvalue weighted by atomic mass is 127. The van der Waals surface area contributed by atoms with Gasteiger partial charge in [0, 0.05) is 46.3 Å². The molecule has 0 aliphatic heterocycles. The zero-order valence-corrected chi connectivity index (χ0v) is 21.3. The molecule has 10 heteroatoms. The molecule has 31 heavy (non-hydrogen) atoms. The van der Waals surface area contributed by atoms with E-state index in [-0.39, 0.29) is 41.3 Å². The van der Waals surface area contributed by atoms with Crippen molar-refractivity contribution in [2.24, 2.45) is 4.99 Å². The summed E-state index contributed by atoms with van der Waals surface area (Å²) >= 11 is 0. The summed E-state index contributed by atoms with van der Waals surface area (Å²) in [7, 11) is 1.54. The van der Waals surface area contributed by atoms with E-state index in [4.69, 9.17) is 0 Å². The Hall–Kier alpha value is -2.18. The molecule has 2 aromatic carbocycles. The number of amides is 1. The van der Waals surface area contributed by atoms with Crippen LogP contribution in [0.2, 0.25) is 0 Å². The molecule has 0 heterocycles. The molecule has 0 fully saturated rings. The van der Waals surface area contributed by atoms with Gasteiger partial charge in [0.05, 0.1) is 4.90 Å². The van der Waals surface area contributed by atoms with Crippen LogP contribution in [0.5, 0.6) is 0 Å². The van der Waals surface area contributed by atoms with Gasteiger partial charge in [-0.1, -0.05) is 29.8 Å². The van der Waals surface area contributed by atoms with Gasteiger partial charge in [-0.15, -0.1) is 24.0 Å². The van der Waals surface area contributed by atoms with Gasteiger partial charge in [0.2, 0.25) is 10.0 Å². The quantitative estimate of drug-likeness (QED) is 0.199. The summed E-state index contributed by atoms with van der Waals surface area (Å²) in [6.45, 7) is 3.02. The van der Waals surface area contributed by atoms with Crippen LogP contribution in [0.15, 0.2) is 58.4 Å². The zero-order chi connectivity index (χ0) is 22.1. The second-order valence-corrected chi connectivity index (χ2v) is 8.73. The van der Waals surface area contributed by atoms with Crippen LogP contribution < -0.4 is 15.4 Å². The van der Waals surface area contributed by atoms with E-state index in [1.54, 1.807) is 57.5 Å². The van der Waals surface area contributed by atoms with Crippen LogP contribution in [-0.2, 0) is 16.6 Å². The Labute approximate surface area is 201 Å². The smallest absolute Gasteiger partial charge is 0.253 e. The van der Waals surface area contributed by atoms with E-state index in [0.29, 0.717) is 24.6 Å². The molecule has 170 valence electrons. The molecule has 0 saturated carbocycles. The minimum atomic E-state index is -3.54. The Morgan fingerprint density at radius 3 is 2.13 bits per heavy atom. The average molecular weight is 559 g/mol. The topological polar surface area (TPSA) is 103 Å². The van der Waals surface area contributed by atoms with Crippen molar-refractivity contribution in [3.05, 3.63) is 65.2 Å². The van der Waals surface area contributed by atoms with Crippen LogP contribution >= 0.6 is 24.0 Å². The number of carbonyl (C=O) groups excluding carboxylic acids is 1. The van der Waals surface area contributed by atoms with E-state index in [9.17, 15) is 13.2 Å². The van der Waals surface area contributed by atoms with Crippen LogP contribution in [0.1, 0.15) is 21.5 Å². The fourth-order valence-corrected chi connectivity index (χ4v) is 3.63. The van der Waals surface area contributed by atoms with Crippen molar-refractivity contribution < 1.29 is 13.2 Å². The Morgan fingerprint density at radius 2 is 1.58 bits per heavy atom. The number of hydrogen-bond acceptors (Lipinski definition) is 4. The number of aliphatic imine (C=N–C) groups is 1. The van der Waals surface area contributed by atoms with Crippen LogP contribution in [0.25, 0.3) is 0 Å². The molecule has 0 aromatic heterocycles. The normalized spacial score (nSPS) is 11.4. The molecule has 0 radical (unpaired) electrons. The van der Waals surface area contributed by atoms with Gasteiger partial charge in [-0.2, -0.15) is 0 Å². The lowest BCUT2D eigenvalue weighted by Crippen LogP contribution is -2.41. The Balaban J connectivity index is 0.00000480. The molecule has 0 aliphatic rings. The van der Waals surface area contributed by atoms with Gasteiger partial charge >= 0.3 is 0 Å². The number of aryl methyl sites for hydroxylation is 1. The highest BCUT2D eigenvalue weighted by molar-refractivity contribution is 14.0. The van der Waals surface area contributed by atoms with E-state index >= 15 is 0 Å². The molecular weight excluding hydrogens is 529 g/mol. The van der Waals surface area contributed by atoms with E-state index < -0.39 is 10.0 Å². The molecule has 3 N–H and O–H groups in total. The molecule has 0 saturated heterocycles. The van der Waals surface area contributed by atoms with Crippen molar-refractivity contribution in [1.29, 1.82) is 0 Å². The van der Waals surface area contributed by atoms with E-state index in [1.807, 2.05) is 19.1 Å². The Kier molecular flexibility index (Phi) is 10.9. The van der Waals surface area contributed by atoms with Crippen molar-refractivity contribution in [1.82, 2.24) is 20.3 Å². The third-order valence-corrected chi connectivity index (χ3v) is 5.81. The summed E-state index contributed by atoms with van der Waals surface area (Å²) in [6.07, 6.45) is 0. The molecule has 0 aliphatic carbocycles. The van der Waals surface area contributed by atoms with Crippen LogP contribution in [-0.4, -0.2) is 59.4 Å². The molecule has 2 aromatic rings. The number of hydrogen-bond donors (Lipinski definition) is 3. The monoisotopic (exact) mass is 559 g/mol. The summed E-state index contributed by atoms with van der Waals surface area (Å²) in [5, 5.41) is 6.23. The molecule has 0 unspecified atom stereocenters. The van der Waals surface area contributed by atoms with Crippen molar-refractivity contribution in [2.75, 3.05) is 34.2 Å². The first-order valence-corrected chi connectivity index (χ1v) is 11.0. The standard InChI is InChI=1S/C21H29N5O3S.HI/c1-16-5-11-19(12-6-16)30(28,29)25-14-13-23-21(22-2)24-15-17-7-9-18(10-8-17)20(27)26(3)4;/h5-12,25H,13-15H2,1-4H3,(H2,22,23,24);1H. The highest BCUT2D eigenvalue weighted by Gasteiger charge is 2.12. The Bertz CT molecular complexity index is 975. The second kappa shape index (κ2) is 12.6. The van der Waals surface area contributed by atoms with Crippen molar-refractivity contribution >= 4 is 45.9 Å². The molecule has 0 spiro atoms. The number of halogens is 1. The van der Waals surface area contributed by atoms with Gasteiger partial charge in [0.15, 0.2) is 5.96 Å². The number of carbonyl (C=O) groups is 1. The summed E-state index contributed by atoms with van der Waals surface area (Å²) in [6, 6.07) is 14.0. The highest BCUT2D eigenvalue weighted by Crippen LogP contribution is 2.09. The maximum atomic E-state index is 12.3. The maximum absolute atomic E-state index is 12.3. The lowest BCUT2D eigenvalue weighted by Gasteiger charge is -2.13. The van der Waals surface area contributed by atoms with Gasteiger partial charge in [0.1, 0.15) is 0 Å². The largest absolute Gasteiger partial charge is 0.355 e. The number of nitrogens with one attached hydrogen (secondary N) is 3. The first-order chi connectivity index (χ1) is 14.2. The average Bonchev–Trinajstić information content (AvgIpc) is 2.73. The minimum Gasteiger partial charge on any atom is -0.355 e. The molecule has 0 bridgehead atoms. The number of benzene rings is 2. The SMILES string of the molecule is CN=C(NCCNS(=O)(=O)c1ccc(C)cc1)NCc1ccc(C(=O)N(C)C)cc1.I. The Morgan fingerprint density at radius 1 is 0.968 bits per heavy atom. The number of guanidine groups is 1. The van der Waals surface area contributed by atoms with E-state index in [2.05, 4.69) is 20.3 Å². The van der Waals surface area contributed by atoms with Crippen LogP contribution in [0.3, 0.4) is 0 Å².